The number of hydrogen-bond acceptors (Lipinski definition) is 11. The molecule has 1 aromatic heterocycles. The molecule has 3 atom stereocenters. The zero-order valence-corrected chi connectivity index (χ0v) is 25.4. The highest BCUT2D eigenvalue weighted by Gasteiger charge is 2.54. The second-order valence-electron chi connectivity index (χ2n) is 11.1. The monoisotopic (exact) mass is 619 g/mol. The molecule has 1 saturated heterocycles. The third-order valence-corrected chi connectivity index (χ3v) is 7.89. The third kappa shape index (κ3) is 8.12. The highest BCUT2D eigenvalue weighted by molar-refractivity contribution is 5.88. The van der Waals surface area contributed by atoms with Crippen molar-refractivity contribution in [2.45, 2.75) is 64.2 Å². The molecule has 2 heterocycles. The molecule has 0 spiro atoms. The Morgan fingerprint density at radius 2 is 1.73 bits per heavy atom. The van der Waals surface area contributed by atoms with Gasteiger partial charge in [0.1, 0.15) is 11.4 Å². The van der Waals surface area contributed by atoms with Crippen LogP contribution in [0.3, 0.4) is 0 Å². The number of fused-ring (bicyclic) bond motifs is 1. The molecule has 3 unspecified atom stereocenters. The van der Waals surface area contributed by atoms with E-state index in [-0.39, 0.29) is 11.9 Å². The van der Waals surface area contributed by atoms with Crippen LogP contribution in [0.2, 0.25) is 0 Å². The molecule has 14 heteroatoms. The summed E-state index contributed by atoms with van der Waals surface area (Å²) in [6, 6.07) is 6.57. The van der Waals surface area contributed by atoms with Crippen LogP contribution in [-0.4, -0.2) is 97.3 Å². The van der Waals surface area contributed by atoms with Crippen molar-refractivity contribution in [2.75, 3.05) is 33.4 Å². The average Bonchev–Trinajstić information content (AvgIpc) is 3.48. The summed E-state index contributed by atoms with van der Waals surface area (Å²) in [5.74, 6) is -3.13. The summed E-state index contributed by atoms with van der Waals surface area (Å²) in [5, 5.41) is 45.6. The topological polar surface area (TPSA) is 209 Å². The van der Waals surface area contributed by atoms with Crippen molar-refractivity contribution in [2.24, 2.45) is 11.8 Å². The number of carboxylic acids is 3. The first-order chi connectivity index (χ1) is 20.8. The van der Waals surface area contributed by atoms with Crippen molar-refractivity contribution < 1.29 is 54.1 Å². The predicted octanol–water partition coefficient (Wildman–Crippen LogP) is 2.07. The Morgan fingerprint density at radius 3 is 2.30 bits per heavy atom. The molecule has 0 amide bonds. The fraction of sp³-hybridized carbons (Fsp3) is 0.567. The molecular weight excluding hydrogens is 578 g/mol. The van der Waals surface area contributed by atoms with E-state index >= 15 is 0 Å². The van der Waals surface area contributed by atoms with Crippen LogP contribution in [0.1, 0.15) is 56.2 Å². The normalized spacial score (nSPS) is 21.1. The van der Waals surface area contributed by atoms with Gasteiger partial charge < -0.3 is 39.7 Å². The zero-order valence-electron chi connectivity index (χ0n) is 25.4. The van der Waals surface area contributed by atoms with E-state index in [2.05, 4.69) is 33.9 Å². The van der Waals surface area contributed by atoms with Crippen LogP contribution < -0.4 is 14.2 Å². The Labute approximate surface area is 255 Å². The summed E-state index contributed by atoms with van der Waals surface area (Å²) < 4.78 is 16.8. The fourth-order valence-corrected chi connectivity index (χ4v) is 5.93. The van der Waals surface area contributed by atoms with Crippen molar-refractivity contribution in [3.63, 3.8) is 0 Å². The number of aryl methyl sites for hydroxylation is 1. The number of carbonyl (C=O) groups is 3. The SMILES string of the molecule is CCOc1ncc(C2(O)CCC3CN(Cc4cc(C)ccc4OC)CC32)c(OCC)n1.O=C(O)CC(O)(CC(=O)O)C(=O)O. The zero-order chi connectivity index (χ0) is 32.7. The van der Waals surface area contributed by atoms with Gasteiger partial charge in [-0.15, -0.1) is 0 Å². The quantitative estimate of drug-likeness (QED) is 0.217. The first kappa shape index (κ1) is 34.5. The molecule has 4 rings (SSSR count). The number of aliphatic carboxylic acids is 3. The summed E-state index contributed by atoms with van der Waals surface area (Å²) in [5.41, 5.74) is -0.645. The lowest BCUT2D eigenvalue weighted by molar-refractivity contribution is -0.170. The second-order valence-corrected chi connectivity index (χ2v) is 11.1. The van der Waals surface area contributed by atoms with E-state index < -0.39 is 42.0 Å². The van der Waals surface area contributed by atoms with Crippen LogP contribution >= 0.6 is 0 Å². The number of benzene rings is 1. The van der Waals surface area contributed by atoms with Gasteiger partial charge in [0.05, 0.1) is 38.7 Å². The summed E-state index contributed by atoms with van der Waals surface area (Å²) in [4.78, 5) is 41.7. The number of aromatic nitrogens is 2. The van der Waals surface area contributed by atoms with Gasteiger partial charge in [-0.1, -0.05) is 17.7 Å². The maximum atomic E-state index is 11.8. The van der Waals surface area contributed by atoms with Gasteiger partial charge in [0.25, 0.3) is 0 Å². The molecule has 44 heavy (non-hydrogen) atoms. The molecular formula is C30H41N3O11. The number of aliphatic hydroxyl groups is 2. The Kier molecular flexibility index (Phi) is 11.5. The van der Waals surface area contributed by atoms with E-state index in [1.54, 1.807) is 13.3 Å². The first-order valence-corrected chi connectivity index (χ1v) is 14.4. The van der Waals surface area contributed by atoms with Crippen LogP contribution in [0.25, 0.3) is 0 Å². The lowest BCUT2D eigenvalue weighted by Gasteiger charge is -2.31. The van der Waals surface area contributed by atoms with Gasteiger partial charge in [0, 0.05) is 37.3 Å². The van der Waals surface area contributed by atoms with Crippen molar-refractivity contribution in [3.8, 4) is 17.6 Å². The van der Waals surface area contributed by atoms with Crippen molar-refractivity contribution in [1.29, 1.82) is 0 Å². The summed E-state index contributed by atoms with van der Waals surface area (Å²) in [6.07, 6.45) is 1.07. The van der Waals surface area contributed by atoms with Gasteiger partial charge in [-0.05, 0) is 45.6 Å². The van der Waals surface area contributed by atoms with E-state index in [0.29, 0.717) is 37.0 Å². The summed E-state index contributed by atoms with van der Waals surface area (Å²) in [6.45, 7) is 9.45. The Balaban J connectivity index is 0.000000345. The van der Waals surface area contributed by atoms with E-state index in [9.17, 15) is 19.5 Å². The Morgan fingerprint density at radius 1 is 1.07 bits per heavy atom. The molecule has 2 fully saturated rings. The van der Waals surface area contributed by atoms with Gasteiger partial charge >= 0.3 is 23.9 Å². The summed E-state index contributed by atoms with van der Waals surface area (Å²) >= 11 is 0. The molecule has 0 radical (unpaired) electrons. The second kappa shape index (κ2) is 14.6. The van der Waals surface area contributed by atoms with Gasteiger partial charge in [0.2, 0.25) is 5.88 Å². The highest BCUT2D eigenvalue weighted by Crippen LogP contribution is 2.52. The molecule has 1 aliphatic heterocycles. The Bertz CT molecular complexity index is 1320. The molecule has 2 aromatic rings. The number of carboxylic acid groups (broad SMARTS) is 3. The predicted molar refractivity (Wildman–Crippen MR) is 155 cm³/mol. The standard InChI is InChI=1S/C24H33N3O4.C6H8O7/c1-5-30-22-19(12-25-23(26-22)31-6-2)24(28)10-9-17-13-27(15-20(17)24)14-18-11-16(3)7-8-21(18)29-4;7-3(8)1-6(13,5(11)12)2-4(9)10/h7-8,11-12,17,20,28H,5-6,9-10,13-15H2,1-4H3;13H,1-2H2,(H,7,8)(H,9,10)(H,11,12). The smallest absolute Gasteiger partial charge is 0.336 e. The van der Waals surface area contributed by atoms with Crippen LogP contribution in [0.4, 0.5) is 0 Å². The van der Waals surface area contributed by atoms with Gasteiger partial charge in [0.15, 0.2) is 5.60 Å². The van der Waals surface area contributed by atoms with Gasteiger partial charge in [-0.3, -0.25) is 14.5 Å². The Hall–Kier alpha value is -4.01. The van der Waals surface area contributed by atoms with E-state index in [1.165, 1.54) is 11.1 Å². The number of rotatable bonds is 13. The fourth-order valence-electron chi connectivity index (χ4n) is 5.93. The van der Waals surface area contributed by atoms with Crippen LogP contribution in [-0.2, 0) is 26.5 Å². The lowest BCUT2D eigenvalue weighted by Crippen LogP contribution is -2.42. The number of nitrogens with zero attached hydrogens (tertiary/aromatic N) is 3. The minimum absolute atomic E-state index is 0.115. The molecule has 14 nitrogen and oxygen atoms in total. The number of methoxy groups -OCH3 is 1. The molecule has 5 N–H and O–H groups in total. The molecule has 242 valence electrons. The van der Waals surface area contributed by atoms with Crippen molar-refractivity contribution in [3.05, 3.63) is 41.1 Å². The first-order valence-electron chi connectivity index (χ1n) is 14.4. The van der Waals surface area contributed by atoms with Gasteiger partial charge in [-0.2, -0.15) is 4.98 Å². The van der Waals surface area contributed by atoms with Crippen LogP contribution in [0.15, 0.2) is 24.4 Å². The third-order valence-electron chi connectivity index (χ3n) is 7.89. The molecule has 1 aromatic carbocycles. The lowest BCUT2D eigenvalue weighted by atomic mass is 9.83. The maximum Gasteiger partial charge on any atom is 0.336 e. The average molecular weight is 620 g/mol. The van der Waals surface area contributed by atoms with Crippen molar-refractivity contribution >= 4 is 17.9 Å². The highest BCUT2D eigenvalue weighted by atomic mass is 16.5. The van der Waals surface area contributed by atoms with E-state index in [4.69, 9.17) is 34.6 Å². The molecule has 0 bridgehead atoms. The molecule has 1 saturated carbocycles. The molecule has 2 aliphatic rings. The maximum absolute atomic E-state index is 11.8. The van der Waals surface area contributed by atoms with Crippen LogP contribution in [0.5, 0.6) is 17.6 Å². The number of ether oxygens (including phenoxy) is 3. The molecule has 1 aliphatic carbocycles. The van der Waals surface area contributed by atoms with Gasteiger partial charge in [-0.25, -0.2) is 9.78 Å². The minimum atomic E-state index is -2.74. The number of likely N-dealkylation sites (tertiary alicyclic amines) is 1. The van der Waals surface area contributed by atoms with Crippen LogP contribution in [0, 0.1) is 18.8 Å². The van der Waals surface area contributed by atoms with E-state index in [1.807, 2.05) is 19.9 Å². The minimum Gasteiger partial charge on any atom is -0.496 e. The number of hydrogen-bond donors (Lipinski definition) is 5. The summed E-state index contributed by atoms with van der Waals surface area (Å²) in [7, 11) is 1.72. The largest absolute Gasteiger partial charge is 0.496 e. The van der Waals surface area contributed by atoms with E-state index in [0.717, 1.165) is 31.8 Å². The van der Waals surface area contributed by atoms with Crippen molar-refractivity contribution in [1.82, 2.24) is 14.9 Å².